The molecule has 2 heterocycles. The van der Waals surface area contributed by atoms with E-state index in [2.05, 4.69) is 22.0 Å². The lowest BCUT2D eigenvalue weighted by Crippen LogP contribution is -2.40. The molecule has 200 valence electrons. The van der Waals surface area contributed by atoms with Crippen LogP contribution in [0.25, 0.3) is 0 Å². The second-order valence-electron chi connectivity index (χ2n) is 9.76. The smallest absolute Gasteiger partial charge is 0.336 e. The van der Waals surface area contributed by atoms with Crippen molar-refractivity contribution in [3.8, 4) is 0 Å². The number of ether oxygens (including phenoxy) is 2. The van der Waals surface area contributed by atoms with Gasteiger partial charge in [-0.25, -0.2) is 4.79 Å². The molecular formula is C29H33N3O6. The molecule has 2 aromatic carbocycles. The largest absolute Gasteiger partial charge is 0.468 e. The summed E-state index contributed by atoms with van der Waals surface area (Å²) in [4.78, 5) is 44.2. The molecule has 2 aliphatic heterocycles. The van der Waals surface area contributed by atoms with E-state index in [0.717, 1.165) is 26.1 Å². The monoisotopic (exact) mass is 519 g/mol. The predicted octanol–water partition coefficient (Wildman–Crippen LogP) is 4.47. The number of nitro groups is 1. The van der Waals surface area contributed by atoms with Gasteiger partial charge in [-0.3, -0.25) is 19.9 Å². The summed E-state index contributed by atoms with van der Waals surface area (Å²) in [5.41, 5.74) is 2.78. The zero-order valence-corrected chi connectivity index (χ0v) is 22.0. The maximum absolute atomic E-state index is 13.6. The molecule has 1 fully saturated rings. The number of nitrogens with zero attached hydrogens (tertiary/aromatic N) is 3. The quantitative estimate of drug-likeness (QED) is 0.287. The van der Waals surface area contributed by atoms with Crippen molar-refractivity contribution >= 4 is 23.3 Å². The molecule has 2 unspecified atom stereocenters. The van der Waals surface area contributed by atoms with Gasteiger partial charge in [-0.2, -0.15) is 0 Å². The summed E-state index contributed by atoms with van der Waals surface area (Å²) in [5.74, 6) is -2.81. The number of hydrogen-bond donors (Lipinski definition) is 0. The number of piperidine rings is 1. The summed E-state index contributed by atoms with van der Waals surface area (Å²) in [6.07, 6.45) is 2.12. The summed E-state index contributed by atoms with van der Waals surface area (Å²) < 4.78 is 11.0. The standard InChI is InChI=1S/C29H33N3O6/c1-19-25(28(33)37-3)27(22-10-7-11-23(18-22)32(35)36)26(20(2)30-19)29(34)38-24-13-16-31(17-14-24)15-12-21-8-5-4-6-9-21/h4-11,18,24-25,27H,12-17H2,1-3H3. The molecule has 2 atom stereocenters. The maximum Gasteiger partial charge on any atom is 0.336 e. The molecule has 0 N–H and O–H groups in total. The Balaban J connectivity index is 1.50. The summed E-state index contributed by atoms with van der Waals surface area (Å²) in [7, 11) is 1.27. The molecule has 0 radical (unpaired) electrons. The molecule has 1 saturated heterocycles. The van der Waals surface area contributed by atoms with E-state index in [4.69, 9.17) is 9.47 Å². The summed E-state index contributed by atoms with van der Waals surface area (Å²) in [6.45, 7) is 5.98. The van der Waals surface area contributed by atoms with Gasteiger partial charge in [0.25, 0.3) is 5.69 Å². The molecular weight excluding hydrogens is 486 g/mol. The molecule has 0 bridgehead atoms. The number of nitro benzene ring substituents is 1. The van der Waals surface area contributed by atoms with E-state index in [-0.39, 0.29) is 17.4 Å². The number of methoxy groups -OCH3 is 1. The number of hydrogen-bond acceptors (Lipinski definition) is 8. The number of carbonyl (C=O) groups is 2. The first kappa shape index (κ1) is 27.2. The Morgan fingerprint density at radius 1 is 1.08 bits per heavy atom. The van der Waals surface area contributed by atoms with Crippen LogP contribution >= 0.6 is 0 Å². The minimum absolute atomic E-state index is 0.125. The second kappa shape index (κ2) is 12.1. The van der Waals surface area contributed by atoms with Crippen molar-refractivity contribution in [2.75, 3.05) is 26.7 Å². The minimum atomic E-state index is -0.895. The van der Waals surface area contributed by atoms with Crippen LogP contribution in [-0.4, -0.2) is 60.3 Å². The van der Waals surface area contributed by atoms with Crippen LogP contribution in [0.15, 0.2) is 70.9 Å². The Labute approximate surface area is 222 Å². The van der Waals surface area contributed by atoms with Crippen LogP contribution < -0.4 is 0 Å². The molecule has 0 spiro atoms. The van der Waals surface area contributed by atoms with Crippen molar-refractivity contribution in [1.82, 2.24) is 4.90 Å². The molecule has 4 rings (SSSR count). The third kappa shape index (κ3) is 6.16. The van der Waals surface area contributed by atoms with E-state index in [0.29, 0.717) is 29.8 Å². The van der Waals surface area contributed by atoms with Crippen molar-refractivity contribution in [3.63, 3.8) is 0 Å². The fourth-order valence-electron chi connectivity index (χ4n) is 5.32. The summed E-state index contributed by atoms with van der Waals surface area (Å²) in [5, 5.41) is 11.5. The molecule has 0 amide bonds. The Morgan fingerprint density at radius 3 is 2.45 bits per heavy atom. The number of aliphatic imine (C=N–C) groups is 1. The first-order valence-corrected chi connectivity index (χ1v) is 12.8. The number of non-ortho nitro benzene ring substituents is 1. The fraction of sp³-hybridized carbons (Fsp3) is 0.414. The van der Waals surface area contributed by atoms with Crippen molar-refractivity contribution < 1.29 is 24.0 Å². The number of allylic oxidation sites excluding steroid dienone is 1. The van der Waals surface area contributed by atoms with Crippen LogP contribution in [0.3, 0.4) is 0 Å². The maximum atomic E-state index is 13.6. The molecule has 9 nitrogen and oxygen atoms in total. The van der Waals surface area contributed by atoms with Gasteiger partial charge < -0.3 is 14.4 Å². The molecule has 0 aromatic heterocycles. The average molecular weight is 520 g/mol. The predicted molar refractivity (Wildman–Crippen MR) is 143 cm³/mol. The first-order chi connectivity index (χ1) is 18.3. The number of carbonyl (C=O) groups excluding carboxylic acids is 2. The summed E-state index contributed by atoms with van der Waals surface area (Å²) in [6, 6.07) is 16.3. The zero-order chi connectivity index (χ0) is 27.2. The third-order valence-electron chi connectivity index (χ3n) is 7.31. The van der Waals surface area contributed by atoms with E-state index >= 15 is 0 Å². The first-order valence-electron chi connectivity index (χ1n) is 12.8. The highest BCUT2D eigenvalue weighted by Crippen LogP contribution is 2.41. The highest BCUT2D eigenvalue weighted by molar-refractivity contribution is 6.07. The number of esters is 2. The Hall–Kier alpha value is -3.85. The van der Waals surface area contributed by atoms with Gasteiger partial charge in [0.2, 0.25) is 0 Å². The van der Waals surface area contributed by atoms with Gasteiger partial charge in [0.1, 0.15) is 12.0 Å². The van der Waals surface area contributed by atoms with Crippen LogP contribution in [0, 0.1) is 16.0 Å². The Morgan fingerprint density at radius 2 is 1.79 bits per heavy atom. The van der Waals surface area contributed by atoms with Crippen LogP contribution in [0.4, 0.5) is 5.69 Å². The van der Waals surface area contributed by atoms with Crippen LogP contribution in [-0.2, 0) is 25.5 Å². The summed E-state index contributed by atoms with van der Waals surface area (Å²) >= 11 is 0. The Kier molecular flexibility index (Phi) is 8.68. The zero-order valence-electron chi connectivity index (χ0n) is 22.0. The van der Waals surface area contributed by atoms with Crippen molar-refractivity contribution in [2.45, 2.75) is 45.1 Å². The molecule has 2 aliphatic rings. The van der Waals surface area contributed by atoms with E-state index < -0.39 is 28.7 Å². The van der Waals surface area contributed by atoms with Crippen molar-refractivity contribution in [3.05, 3.63) is 87.1 Å². The van der Waals surface area contributed by atoms with Crippen LogP contribution in [0.5, 0.6) is 0 Å². The lowest BCUT2D eigenvalue weighted by molar-refractivity contribution is -0.384. The highest BCUT2D eigenvalue weighted by atomic mass is 16.6. The van der Waals surface area contributed by atoms with Crippen LogP contribution in [0.1, 0.15) is 43.7 Å². The van der Waals surface area contributed by atoms with Gasteiger partial charge in [-0.15, -0.1) is 0 Å². The molecule has 9 heteroatoms. The normalized spacial score (nSPS) is 20.6. The Bertz CT molecular complexity index is 1250. The van der Waals surface area contributed by atoms with Crippen LogP contribution in [0.2, 0.25) is 0 Å². The van der Waals surface area contributed by atoms with Gasteiger partial charge in [0.05, 0.1) is 17.6 Å². The molecule has 0 saturated carbocycles. The van der Waals surface area contributed by atoms with E-state index in [1.807, 2.05) is 18.2 Å². The van der Waals surface area contributed by atoms with Gasteiger partial charge in [-0.05, 0) is 44.2 Å². The topological polar surface area (TPSA) is 111 Å². The average Bonchev–Trinajstić information content (AvgIpc) is 2.92. The van der Waals surface area contributed by atoms with E-state index in [1.54, 1.807) is 26.0 Å². The van der Waals surface area contributed by atoms with Gasteiger partial charge in [0.15, 0.2) is 0 Å². The van der Waals surface area contributed by atoms with E-state index in [1.165, 1.54) is 24.8 Å². The molecule has 0 aliphatic carbocycles. The number of benzene rings is 2. The fourth-order valence-corrected chi connectivity index (χ4v) is 5.32. The number of rotatable bonds is 8. The SMILES string of the molecule is COC(=O)C1C(C)=NC(C)=C(C(=O)OC2CCN(CCc3ccccc3)CC2)C1c1cccc([N+](=O)[O-])c1. The third-order valence-corrected chi connectivity index (χ3v) is 7.31. The van der Waals surface area contributed by atoms with Crippen molar-refractivity contribution in [1.29, 1.82) is 0 Å². The molecule has 2 aromatic rings. The van der Waals surface area contributed by atoms with Gasteiger partial charge >= 0.3 is 11.9 Å². The lowest BCUT2D eigenvalue weighted by atomic mass is 9.75. The number of likely N-dealkylation sites (tertiary alicyclic amines) is 1. The molecule has 38 heavy (non-hydrogen) atoms. The second-order valence-corrected chi connectivity index (χ2v) is 9.76. The minimum Gasteiger partial charge on any atom is -0.468 e. The van der Waals surface area contributed by atoms with Gasteiger partial charge in [-0.1, -0.05) is 42.5 Å². The van der Waals surface area contributed by atoms with Gasteiger partial charge in [0, 0.05) is 49.1 Å². The lowest BCUT2D eigenvalue weighted by Gasteiger charge is -2.34. The highest BCUT2D eigenvalue weighted by Gasteiger charge is 2.43. The van der Waals surface area contributed by atoms with Crippen molar-refractivity contribution in [2.24, 2.45) is 10.9 Å². The van der Waals surface area contributed by atoms with E-state index in [9.17, 15) is 19.7 Å².